The quantitative estimate of drug-likeness (QED) is 0.552. The van der Waals surface area contributed by atoms with Gasteiger partial charge in [0.1, 0.15) is 0 Å². The summed E-state index contributed by atoms with van der Waals surface area (Å²) in [6.45, 7) is 4.47. The molecule has 174 valence electrons. The van der Waals surface area contributed by atoms with Gasteiger partial charge in [-0.2, -0.15) is 0 Å². The van der Waals surface area contributed by atoms with Gasteiger partial charge in [-0.1, -0.05) is 38.1 Å². The lowest BCUT2D eigenvalue weighted by Gasteiger charge is -2.13. The Morgan fingerprint density at radius 3 is 2.79 bits per heavy atom. The van der Waals surface area contributed by atoms with Crippen molar-refractivity contribution in [3.63, 3.8) is 0 Å². The molecule has 0 saturated heterocycles. The van der Waals surface area contributed by atoms with E-state index in [1.807, 2.05) is 56.3 Å². The first-order valence-electron chi connectivity index (χ1n) is 11.5. The number of nitrogens with zero attached hydrogens (tertiary/aromatic N) is 1. The Kier molecular flexibility index (Phi) is 5.92. The van der Waals surface area contributed by atoms with Crippen molar-refractivity contribution in [2.75, 3.05) is 19.9 Å². The van der Waals surface area contributed by atoms with Crippen LogP contribution in [0.2, 0.25) is 0 Å². The molecule has 34 heavy (non-hydrogen) atoms. The average molecular weight is 459 g/mol. The van der Waals surface area contributed by atoms with Crippen molar-refractivity contribution in [3.8, 4) is 11.5 Å². The second-order valence-electron chi connectivity index (χ2n) is 8.89. The van der Waals surface area contributed by atoms with Crippen molar-refractivity contribution < 1.29 is 23.8 Å². The zero-order valence-corrected chi connectivity index (χ0v) is 19.2. The number of rotatable bonds is 6. The molecule has 7 nitrogen and oxygen atoms in total. The number of benzene rings is 2. The fourth-order valence-electron chi connectivity index (χ4n) is 4.29. The highest BCUT2D eigenvalue weighted by molar-refractivity contribution is 6.07. The average Bonchev–Trinajstić information content (AvgIpc) is 3.46. The van der Waals surface area contributed by atoms with Crippen LogP contribution in [0.3, 0.4) is 0 Å². The first-order chi connectivity index (χ1) is 16.5. The third-order valence-corrected chi connectivity index (χ3v) is 5.93. The van der Waals surface area contributed by atoms with Gasteiger partial charge >= 0.3 is 5.97 Å². The van der Waals surface area contributed by atoms with Gasteiger partial charge < -0.3 is 19.5 Å². The van der Waals surface area contributed by atoms with Crippen LogP contribution in [0, 0.1) is 5.92 Å². The first-order valence-corrected chi connectivity index (χ1v) is 11.5. The van der Waals surface area contributed by atoms with Gasteiger partial charge in [-0.05, 0) is 59.7 Å². The largest absolute Gasteiger partial charge is 0.454 e. The molecule has 1 aliphatic heterocycles. The summed E-state index contributed by atoms with van der Waals surface area (Å²) in [5.41, 5.74) is 4.89. The summed E-state index contributed by atoms with van der Waals surface area (Å²) in [6.07, 6.45) is 3.50. The van der Waals surface area contributed by atoms with Crippen LogP contribution in [0.15, 0.2) is 42.5 Å². The summed E-state index contributed by atoms with van der Waals surface area (Å²) in [4.78, 5) is 30.1. The lowest BCUT2D eigenvalue weighted by atomic mass is 10.0. The number of fused-ring (bicyclic) bond motifs is 3. The minimum atomic E-state index is -0.501. The highest BCUT2D eigenvalue weighted by Gasteiger charge is 2.28. The number of nitrogens with one attached hydrogen (secondary N) is 1. The lowest BCUT2D eigenvalue weighted by molar-refractivity contribution is -0.124. The van der Waals surface area contributed by atoms with Gasteiger partial charge in [0.25, 0.3) is 5.91 Å². The molecule has 0 unspecified atom stereocenters. The molecule has 1 N–H and O–H groups in total. The Morgan fingerprint density at radius 2 is 1.94 bits per heavy atom. The molecule has 1 aliphatic carbocycles. The molecular weight excluding hydrogens is 432 g/mol. The van der Waals surface area contributed by atoms with E-state index in [0.29, 0.717) is 24.4 Å². The highest BCUT2D eigenvalue weighted by Crippen LogP contribution is 2.39. The molecule has 0 fully saturated rings. The molecule has 2 heterocycles. The molecule has 0 bridgehead atoms. The van der Waals surface area contributed by atoms with E-state index in [1.54, 1.807) is 0 Å². The molecule has 1 aromatic heterocycles. The maximum atomic E-state index is 13.2. The Balaban J connectivity index is 1.47. The number of ether oxygens (including phenoxy) is 3. The molecule has 5 rings (SSSR count). The summed E-state index contributed by atoms with van der Waals surface area (Å²) in [5, 5.41) is 3.51. The number of carbonyl (C=O) groups excluding carboxylic acids is 2. The van der Waals surface area contributed by atoms with E-state index in [0.717, 1.165) is 51.2 Å². The van der Waals surface area contributed by atoms with Crippen LogP contribution in [0.4, 0.5) is 0 Å². The van der Waals surface area contributed by atoms with Crippen molar-refractivity contribution in [3.05, 3.63) is 64.8 Å². The number of hydrogen-bond donors (Lipinski definition) is 1. The van der Waals surface area contributed by atoms with E-state index >= 15 is 0 Å². The number of hydrogen-bond acceptors (Lipinski definition) is 6. The number of para-hydroxylation sites is 1. The molecule has 0 atom stereocenters. The van der Waals surface area contributed by atoms with Crippen LogP contribution in [-0.4, -0.2) is 36.8 Å². The van der Waals surface area contributed by atoms with Crippen LogP contribution in [0.25, 0.3) is 22.6 Å². The minimum Gasteiger partial charge on any atom is -0.454 e. The number of carbonyl (C=O) groups is 2. The molecule has 0 radical (unpaired) electrons. The molecule has 0 saturated carbocycles. The fourth-order valence-corrected chi connectivity index (χ4v) is 4.29. The second-order valence-corrected chi connectivity index (χ2v) is 8.89. The molecule has 2 aliphatic rings. The minimum absolute atomic E-state index is 0.229. The van der Waals surface area contributed by atoms with Crippen LogP contribution < -0.4 is 14.8 Å². The molecule has 0 spiro atoms. The molecule has 7 heteroatoms. The standard InChI is InChI=1S/C27H26N2O5/c1-16(2)13-28-24(30)14-32-27(31)25-19-5-3-4-6-21(19)29-26-18(8-9-20(25)26)11-17-7-10-22-23(12-17)34-15-33-22/h3-7,10-12,16H,8-9,13-15H2,1-2H3,(H,28,30)/b18-11+. The van der Waals surface area contributed by atoms with Gasteiger partial charge in [0.15, 0.2) is 18.1 Å². The molecule has 1 amide bonds. The van der Waals surface area contributed by atoms with Crippen molar-refractivity contribution >= 4 is 34.4 Å². The van der Waals surface area contributed by atoms with Crippen molar-refractivity contribution in [1.82, 2.24) is 10.3 Å². The van der Waals surface area contributed by atoms with Crippen LogP contribution >= 0.6 is 0 Å². The molecular formula is C27H26N2O5. The van der Waals surface area contributed by atoms with Gasteiger partial charge in [0.2, 0.25) is 6.79 Å². The van der Waals surface area contributed by atoms with Crippen LogP contribution in [0.5, 0.6) is 11.5 Å². The zero-order valence-electron chi connectivity index (χ0n) is 19.2. The van der Waals surface area contributed by atoms with E-state index in [9.17, 15) is 9.59 Å². The summed E-state index contributed by atoms with van der Waals surface area (Å²) in [6, 6.07) is 13.3. The Morgan fingerprint density at radius 1 is 1.12 bits per heavy atom. The van der Waals surface area contributed by atoms with E-state index in [4.69, 9.17) is 19.2 Å². The number of amides is 1. The Hall–Kier alpha value is -3.87. The predicted octanol–water partition coefficient (Wildman–Crippen LogP) is 4.38. The monoisotopic (exact) mass is 458 g/mol. The Bertz CT molecular complexity index is 1310. The van der Waals surface area contributed by atoms with Gasteiger partial charge in [-0.15, -0.1) is 0 Å². The maximum absolute atomic E-state index is 13.2. The maximum Gasteiger partial charge on any atom is 0.339 e. The van der Waals surface area contributed by atoms with Crippen LogP contribution in [-0.2, 0) is 16.0 Å². The second kappa shape index (κ2) is 9.17. The van der Waals surface area contributed by atoms with Crippen LogP contribution in [0.1, 0.15) is 47.4 Å². The SMILES string of the molecule is CC(C)CNC(=O)COC(=O)c1c2c(nc3ccccc13)/C(=C/c1ccc3c(c1)OCO3)CC2. The highest BCUT2D eigenvalue weighted by atomic mass is 16.7. The summed E-state index contributed by atoms with van der Waals surface area (Å²) in [7, 11) is 0. The van der Waals surface area contributed by atoms with E-state index in [2.05, 4.69) is 11.4 Å². The summed E-state index contributed by atoms with van der Waals surface area (Å²) in [5.74, 6) is 0.973. The third-order valence-electron chi connectivity index (χ3n) is 5.93. The van der Waals surface area contributed by atoms with Gasteiger partial charge in [0, 0.05) is 11.9 Å². The lowest BCUT2D eigenvalue weighted by Crippen LogP contribution is -2.31. The molecule has 2 aromatic carbocycles. The zero-order chi connectivity index (χ0) is 23.7. The number of allylic oxidation sites excluding steroid dienone is 1. The van der Waals surface area contributed by atoms with Gasteiger partial charge in [-0.3, -0.25) is 4.79 Å². The van der Waals surface area contributed by atoms with E-state index < -0.39 is 5.97 Å². The van der Waals surface area contributed by atoms with Crippen molar-refractivity contribution in [1.29, 1.82) is 0 Å². The summed E-state index contributed by atoms with van der Waals surface area (Å²) >= 11 is 0. The summed E-state index contributed by atoms with van der Waals surface area (Å²) < 4.78 is 16.3. The first kappa shape index (κ1) is 21.9. The van der Waals surface area contributed by atoms with Crippen molar-refractivity contribution in [2.24, 2.45) is 5.92 Å². The predicted molar refractivity (Wildman–Crippen MR) is 129 cm³/mol. The normalized spacial score (nSPS) is 15.1. The van der Waals surface area contributed by atoms with E-state index in [-0.39, 0.29) is 19.3 Å². The van der Waals surface area contributed by atoms with Gasteiger partial charge in [-0.25, -0.2) is 9.78 Å². The topological polar surface area (TPSA) is 86.8 Å². The fraction of sp³-hybridized carbons (Fsp3) is 0.296. The van der Waals surface area contributed by atoms with Gasteiger partial charge in [0.05, 0.1) is 16.8 Å². The van der Waals surface area contributed by atoms with E-state index in [1.165, 1.54) is 0 Å². The third kappa shape index (κ3) is 4.33. The number of esters is 1. The Labute approximate surface area is 197 Å². The smallest absolute Gasteiger partial charge is 0.339 e. The number of aromatic nitrogens is 1. The van der Waals surface area contributed by atoms with Crippen molar-refractivity contribution in [2.45, 2.75) is 26.7 Å². The molecule has 3 aromatic rings. The number of pyridine rings is 1.